The molecule has 24 heavy (non-hydrogen) atoms. The molecule has 1 aromatic heterocycles. The SMILES string of the molecule is CCOC(=O)/C=C/C(=O)OCc1cc(-c2ccccc2OC)no1. The predicted octanol–water partition coefficient (Wildman–Crippen LogP) is 2.51. The molecule has 0 atom stereocenters. The van der Waals surface area contributed by atoms with E-state index in [1.807, 2.05) is 24.3 Å². The molecule has 0 N–H and O–H groups in total. The van der Waals surface area contributed by atoms with Gasteiger partial charge in [0.25, 0.3) is 0 Å². The lowest BCUT2D eigenvalue weighted by atomic mass is 10.1. The molecule has 0 radical (unpaired) electrons. The van der Waals surface area contributed by atoms with Crippen LogP contribution < -0.4 is 4.74 Å². The highest BCUT2D eigenvalue weighted by molar-refractivity contribution is 5.91. The number of benzene rings is 1. The fourth-order valence-corrected chi connectivity index (χ4v) is 1.88. The van der Waals surface area contributed by atoms with Crippen molar-refractivity contribution in [2.45, 2.75) is 13.5 Å². The fourth-order valence-electron chi connectivity index (χ4n) is 1.88. The van der Waals surface area contributed by atoms with Gasteiger partial charge in [0.15, 0.2) is 12.4 Å². The molecule has 0 unspecified atom stereocenters. The number of para-hydroxylation sites is 1. The maximum Gasteiger partial charge on any atom is 0.331 e. The average molecular weight is 331 g/mol. The van der Waals surface area contributed by atoms with E-state index in [9.17, 15) is 9.59 Å². The zero-order chi connectivity index (χ0) is 17.4. The van der Waals surface area contributed by atoms with Gasteiger partial charge in [0.1, 0.15) is 11.4 Å². The van der Waals surface area contributed by atoms with Crippen LogP contribution in [0.1, 0.15) is 12.7 Å². The van der Waals surface area contributed by atoms with Crippen LogP contribution in [0, 0.1) is 0 Å². The van der Waals surface area contributed by atoms with Crippen LogP contribution >= 0.6 is 0 Å². The monoisotopic (exact) mass is 331 g/mol. The summed E-state index contributed by atoms with van der Waals surface area (Å²) in [5.74, 6) is -0.258. The van der Waals surface area contributed by atoms with E-state index in [1.165, 1.54) is 0 Å². The van der Waals surface area contributed by atoms with Gasteiger partial charge in [0.05, 0.1) is 13.7 Å². The van der Waals surface area contributed by atoms with E-state index >= 15 is 0 Å². The van der Waals surface area contributed by atoms with E-state index in [4.69, 9.17) is 14.0 Å². The molecule has 0 aliphatic rings. The summed E-state index contributed by atoms with van der Waals surface area (Å²) in [6, 6.07) is 9.01. The molecular weight excluding hydrogens is 314 g/mol. The molecule has 0 aliphatic carbocycles. The number of methoxy groups -OCH3 is 1. The van der Waals surface area contributed by atoms with Gasteiger partial charge in [-0.25, -0.2) is 9.59 Å². The number of aromatic nitrogens is 1. The van der Waals surface area contributed by atoms with Crippen molar-refractivity contribution in [2.24, 2.45) is 0 Å². The van der Waals surface area contributed by atoms with E-state index < -0.39 is 11.9 Å². The molecule has 126 valence electrons. The smallest absolute Gasteiger partial charge is 0.331 e. The zero-order valence-electron chi connectivity index (χ0n) is 13.4. The Morgan fingerprint density at radius 2 is 1.88 bits per heavy atom. The van der Waals surface area contributed by atoms with E-state index in [1.54, 1.807) is 20.1 Å². The Hall–Kier alpha value is -3.09. The van der Waals surface area contributed by atoms with Crippen LogP contribution in [-0.4, -0.2) is 30.8 Å². The number of nitrogens with zero attached hydrogens (tertiary/aromatic N) is 1. The minimum absolute atomic E-state index is 0.103. The molecule has 2 rings (SSSR count). The van der Waals surface area contributed by atoms with Crippen LogP contribution in [0.25, 0.3) is 11.3 Å². The molecule has 0 saturated carbocycles. The van der Waals surface area contributed by atoms with Crippen molar-refractivity contribution >= 4 is 11.9 Å². The maximum absolute atomic E-state index is 11.5. The van der Waals surface area contributed by atoms with Crippen LogP contribution in [0.3, 0.4) is 0 Å². The molecule has 0 spiro atoms. The number of rotatable bonds is 7. The average Bonchev–Trinajstić information content (AvgIpc) is 3.07. The molecule has 0 fully saturated rings. The number of carbonyl (C=O) groups excluding carboxylic acids is 2. The Bertz CT molecular complexity index is 734. The third kappa shape index (κ3) is 4.70. The number of carbonyl (C=O) groups is 2. The fraction of sp³-hybridized carbons (Fsp3) is 0.235. The van der Waals surface area contributed by atoms with Crippen molar-refractivity contribution in [3.63, 3.8) is 0 Å². The van der Waals surface area contributed by atoms with Crippen molar-refractivity contribution < 1.29 is 28.3 Å². The molecular formula is C17H17NO6. The van der Waals surface area contributed by atoms with Gasteiger partial charge >= 0.3 is 11.9 Å². The van der Waals surface area contributed by atoms with Gasteiger partial charge in [-0.05, 0) is 19.1 Å². The lowest BCUT2D eigenvalue weighted by Crippen LogP contribution is -2.04. The van der Waals surface area contributed by atoms with Crippen LogP contribution in [0.5, 0.6) is 5.75 Å². The van der Waals surface area contributed by atoms with Crippen LogP contribution in [-0.2, 0) is 25.7 Å². The maximum atomic E-state index is 11.5. The Morgan fingerprint density at radius 1 is 1.17 bits per heavy atom. The first-order valence-corrected chi connectivity index (χ1v) is 7.24. The number of esters is 2. The first-order chi connectivity index (χ1) is 11.6. The van der Waals surface area contributed by atoms with Crippen molar-refractivity contribution in [3.05, 3.63) is 48.2 Å². The molecule has 0 saturated heterocycles. The van der Waals surface area contributed by atoms with E-state index in [0.29, 0.717) is 17.2 Å². The van der Waals surface area contributed by atoms with Crippen LogP contribution in [0.2, 0.25) is 0 Å². The van der Waals surface area contributed by atoms with Gasteiger partial charge in [-0.2, -0.15) is 0 Å². The van der Waals surface area contributed by atoms with Gasteiger partial charge in [-0.15, -0.1) is 0 Å². The Labute approximate surface area is 138 Å². The van der Waals surface area contributed by atoms with Crippen molar-refractivity contribution in [2.75, 3.05) is 13.7 Å². The molecule has 2 aromatic rings. The molecule has 7 nitrogen and oxygen atoms in total. The second kappa shape index (κ2) is 8.52. The summed E-state index contributed by atoms with van der Waals surface area (Å²) >= 11 is 0. The Kier molecular flexibility index (Phi) is 6.13. The van der Waals surface area contributed by atoms with Gasteiger partial charge < -0.3 is 18.7 Å². The third-order valence-electron chi connectivity index (χ3n) is 2.94. The van der Waals surface area contributed by atoms with E-state index in [0.717, 1.165) is 17.7 Å². The lowest BCUT2D eigenvalue weighted by molar-refractivity contribution is -0.141. The Morgan fingerprint density at radius 3 is 2.58 bits per heavy atom. The summed E-state index contributed by atoms with van der Waals surface area (Å²) in [7, 11) is 1.57. The zero-order valence-corrected chi connectivity index (χ0v) is 13.4. The Balaban J connectivity index is 1.95. The molecule has 0 aliphatic heterocycles. The first-order valence-electron chi connectivity index (χ1n) is 7.24. The topological polar surface area (TPSA) is 87.9 Å². The van der Waals surface area contributed by atoms with Crippen molar-refractivity contribution in [1.29, 1.82) is 0 Å². The summed E-state index contributed by atoms with van der Waals surface area (Å²) in [5.41, 5.74) is 1.34. The number of hydrogen-bond donors (Lipinski definition) is 0. The third-order valence-corrected chi connectivity index (χ3v) is 2.94. The van der Waals surface area contributed by atoms with Gasteiger partial charge in [0, 0.05) is 23.8 Å². The predicted molar refractivity (Wildman–Crippen MR) is 84.1 cm³/mol. The second-order valence-corrected chi connectivity index (χ2v) is 4.57. The standard InChI is InChI=1S/C17H17NO6/c1-3-22-16(19)8-9-17(20)23-11-12-10-14(18-24-12)13-6-4-5-7-15(13)21-2/h4-10H,3,11H2,1-2H3/b9-8+. The summed E-state index contributed by atoms with van der Waals surface area (Å²) in [6.45, 7) is 1.81. The van der Waals surface area contributed by atoms with Gasteiger partial charge in [-0.1, -0.05) is 17.3 Å². The molecule has 1 aromatic carbocycles. The quantitative estimate of drug-likeness (QED) is 0.569. The summed E-state index contributed by atoms with van der Waals surface area (Å²) in [5, 5.41) is 3.93. The summed E-state index contributed by atoms with van der Waals surface area (Å²) in [4.78, 5) is 22.6. The first kappa shape index (κ1) is 17.3. The van der Waals surface area contributed by atoms with Gasteiger partial charge in [0.2, 0.25) is 0 Å². The molecule has 0 amide bonds. The largest absolute Gasteiger partial charge is 0.496 e. The minimum atomic E-state index is -0.682. The molecule has 7 heteroatoms. The molecule has 1 heterocycles. The summed E-state index contributed by atoms with van der Waals surface area (Å²) in [6.07, 6.45) is 2.00. The summed E-state index contributed by atoms with van der Waals surface area (Å²) < 4.78 is 20.0. The number of ether oxygens (including phenoxy) is 3. The van der Waals surface area contributed by atoms with Gasteiger partial charge in [-0.3, -0.25) is 0 Å². The number of hydrogen-bond acceptors (Lipinski definition) is 7. The highest BCUT2D eigenvalue weighted by Gasteiger charge is 2.12. The van der Waals surface area contributed by atoms with E-state index in [2.05, 4.69) is 9.89 Å². The highest BCUT2D eigenvalue weighted by Crippen LogP contribution is 2.29. The van der Waals surface area contributed by atoms with Crippen LogP contribution in [0.15, 0.2) is 47.0 Å². The normalized spacial score (nSPS) is 10.6. The van der Waals surface area contributed by atoms with Crippen molar-refractivity contribution in [1.82, 2.24) is 5.16 Å². The second-order valence-electron chi connectivity index (χ2n) is 4.57. The van der Waals surface area contributed by atoms with Crippen LogP contribution in [0.4, 0.5) is 0 Å². The molecule has 0 bridgehead atoms. The minimum Gasteiger partial charge on any atom is -0.496 e. The highest BCUT2D eigenvalue weighted by atomic mass is 16.6. The van der Waals surface area contributed by atoms with Crippen molar-refractivity contribution in [3.8, 4) is 17.0 Å². The van der Waals surface area contributed by atoms with E-state index in [-0.39, 0.29) is 13.2 Å². The lowest BCUT2D eigenvalue weighted by Gasteiger charge is -2.03.